The van der Waals surface area contributed by atoms with Crippen molar-refractivity contribution in [3.8, 4) is 0 Å². The lowest BCUT2D eigenvalue weighted by molar-refractivity contribution is 0.0729. The van der Waals surface area contributed by atoms with E-state index in [2.05, 4.69) is 5.32 Å². The topological polar surface area (TPSA) is 75.7 Å². The fourth-order valence-electron chi connectivity index (χ4n) is 3.77. The number of benzene rings is 2. The van der Waals surface area contributed by atoms with Crippen molar-refractivity contribution in [2.75, 3.05) is 26.3 Å². The van der Waals surface area contributed by atoms with Gasteiger partial charge in [-0.15, -0.1) is 0 Å². The Bertz CT molecular complexity index is 1050. The molecule has 29 heavy (non-hydrogen) atoms. The molecule has 1 atom stereocenters. The van der Waals surface area contributed by atoms with E-state index in [4.69, 9.17) is 4.74 Å². The molecule has 1 aliphatic carbocycles. The minimum atomic E-state index is -4.08. The Kier molecular flexibility index (Phi) is 5.37. The number of carbonyl (C=O) groups excluding carboxylic acids is 1. The summed E-state index contributed by atoms with van der Waals surface area (Å²) in [6, 6.07) is 7.62. The molecule has 1 amide bonds. The quantitative estimate of drug-likeness (QED) is 0.821. The summed E-state index contributed by atoms with van der Waals surface area (Å²) >= 11 is 0. The molecule has 1 heterocycles. The SMILES string of the molecule is O=C(NC1CCc2c(F)cccc21)c1ccc(F)c(S(=O)(=O)N2CCOCC2)c1. The number of hydrogen-bond acceptors (Lipinski definition) is 4. The summed E-state index contributed by atoms with van der Waals surface area (Å²) in [4.78, 5) is 12.2. The Hall–Kier alpha value is -2.36. The first-order valence-electron chi connectivity index (χ1n) is 9.33. The zero-order chi connectivity index (χ0) is 20.6. The van der Waals surface area contributed by atoms with Crippen molar-refractivity contribution in [1.29, 1.82) is 0 Å². The number of rotatable bonds is 4. The van der Waals surface area contributed by atoms with Crippen LogP contribution >= 0.6 is 0 Å². The van der Waals surface area contributed by atoms with Gasteiger partial charge in [0.2, 0.25) is 10.0 Å². The van der Waals surface area contributed by atoms with Gasteiger partial charge < -0.3 is 10.1 Å². The molecule has 6 nitrogen and oxygen atoms in total. The number of carbonyl (C=O) groups is 1. The first-order valence-corrected chi connectivity index (χ1v) is 10.8. The van der Waals surface area contributed by atoms with Gasteiger partial charge in [-0.1, -0.05) is 12.1 Å². The molecule has 1 saturated heterocycles. The van der Waals surface area contributed by atoms with Gasteiger partial charge in [-0.3, -0.25) is 4.79 Å². The van der Waals surface area contributed by atoms with Crippen LogP contribution in [0.3, 0.4) is 0 Å². The molecular weight excluding hydrogens is 402 g/mol. The van der Waals surface area contributed by atoms with E-state index in [1.807, 2.05) is 0 Å². The van der Waals surface area contributed by atoms with E-state index in [-0.39, 0.29) is 43.7 Å². The Morgan fingerprint density at radius 3 is 2.62 bits per heavy atom. The number of morpholine rings is 1. The van der Waals surface area contributed by atoms with Crippen LogP contribution in [0.25, 0.3) is 0 Å². The maximum Gasteiger partial charge on any atom is 0.251 e. The molecule has 9 heteroatoms. The molecule has 1 aliphatic heterocycles. The molecule has 1 unspecified atom stereocenters. The smallest absolute Gasteiger partial charge is 0.251 e. The predicted molar refractivity (Wildman–Crippen MR) is 101 cm³/mol. The van der Waals surface area contributed by atoms with Crippen LogP contribution in [-0.2, 0) is 21.2 Å². The number of ether oxygens (including phenoxy) is 1. The van der Waals surface area contributed by atoms with E-state index in [9.17, 15) is 22.0 Å². The first-order chi connectivity index (χ1) is 13.9. The number of nitrogens with one attached hydrogen (secondary N) is 1. The van der Waals surface area contributed by atoms with E-state index in [0.29, 0.717) is 24.0 Å². The summed E-state index contributed by atoms with van der Waals surface area (Å²) in [5.41, 5.74) is 1.32. The van der Waals surface area contributed by atoms with Crippen molar-refractivity contribution in [2.45, 2.75) is 23.8 Å². The average Bonchev–Trinajstić information content (AvgIpc) is 3.13. The van der Waals surface area contributed by atoms with Crippen LogP contribution in [0, 0.1) is 11.6 Å². The van der Waals surface area contributed by atoms with Gasteiger partial charge in [0.25, 0.3) is 5.91 Å². The molecule has 2 aromatic rings. The van der Waals surface area contributed by atoms with Crippen molar-refractivity contribution in [1.82, 2.24) is 9.62 Å². The summed E-state index contributed by atoms with van der Waals surface area (Å²) in [5, 5.41) is 2.80. The molecule has 4 rings (SSSR count). The summed E-state index contributed by atoms with van der Waals surface area (Å²) < 4.78 is 60.1. The summed E-state index contributed by atoms with van der Waals surface area (Å²) in [5.74, 6) is -1.76. The fraction of sp³-hybridized carbons (Fsp3) is 0.350. The highest BCUT2D eigenvalue weighted by molar-refractivity contribution is 7.89. The van der Waals surface area contributed by atoms with E-state index < -0.39 is 26.6 Å². The second kappa shape index (κ2) is 7.81. The van der Waals surface area contributed by atoms with Crippen molar-refractivity contribution < 1.29 is 26.7 Å². The van der Waals surface area contributed by atoms with Crippen molar-refractivity contribution in [3.05, 3.63) is 64.7 Å². The van der Waals surface area contributed by atoms with Crippen LogP contribution in [0.4, 0.5) is 8.78 Å². The molecule has 0 radical (unpaired) electrons. The lowest BCUT2D eigenvalue weighted by atomic mass is 10.1. The van der Waals surface area contributed by atoms with Gasteiger partial charge in [-0.2, -0.15) is 4.31 Å². The predicted octanol–water partition coefficient (Wildman–Crippen LogP) is 2.40. The van der Waals surface area contributed by atoms with Crippen molar-refractivity contribution in [3.63, 3.8) is 0 Å². The number of fused-ring (bicyclic) bond motifs is 1. The van der Waals surface area contributed by atoms with Gasteiger partial charge in [0.05, 0.1) is 19.3 Å². The zero-order valence-corrected chi connectivity index (χ0v) is 16.3. The molecule has 0 spiro atoms. The summed E-state index contributed by atoms with van der Waals surface area (Å²) in [6.07, 6.45) is 1.05. The molecule has 154 valence electrons. The monoisotopic (exact) mass is 422 g/mol. The van der Waals surface area contributed by atoms with Gasteiger partial charge in [-0.05, 0) is 48.2 Å². The van der Waals surface area contributed by atoms with E-state index in [0.717, 1.165) is 16.4 Å². The minimum absolute atomic E-state index is 0.0306. The van der Waals surface area contributed by atoms with Gasteiger partial charge in [0.15, 0.2) is 0 Å². The molecule has 2 aliphatic rings. The Balaban J connectivity index is 1.58. The average molecular weight is 422 g/mol. The molecule has 1 N–H and O–H groups in total. The highest BCUT2D eigenvalue weighted by Gasteiger charge is 2.31. The Morgan fingerprint density at radius 2 is 1.86 bits per heavy atom. The van der Waals surface area contributed by atoms with Crippen LogP contribution in [0.15, 0.2) is 41.3 Å². The van der Waals surface area contributed by atoms with E-state index >= 15 is 0 Å². The third-order valence-electron chi connectivity index (χ3n) is 5.30. The Morgan fingerprint density at radius 1 is 1.10 bits per heavy atom. The fourth-order valence-corrected chi connectivity index (χ4v) is 5.27. The van der Waals surface area contributed by atoms with Crippen LogP contribution < -0.4 is 5.32 Å². The van der Waals surface area contributed by atoms with Crippen molar-refractivity contribution in [2.24, 2.45) is 0 Å². The van der Waals surface area contributed by atoms with Gasteiger partial charge in [-0.25, -0.2) is 17.2 Å². The van der Waals surface area contributed by atoms with Gasteiger partial charge >= 0.3 is 0 Å². The maximum absolute atomic E-state index is 14.3. The molecule has 2 aromatic carbocycles. The highest BCUT2D eigenvalue weighted by atomic mass is 32.2. The number of nitrogens with zero attached hydrogens (tertiary/aromatic N) is 1. The van der Waals surface area contributed by atoms with Crippen LogP contribution in [0.5, 0.6) is 0 Å². The normalized spacial score (nSPS) is 19.7. The van der Waals surface area contributed by atoms with Crippen LogP contribution in [0.1, 0.15) is 33.9 Å². The highest BCUT2D eigenvalue weighted by Crippen LogP contribution is 2.33. The number of sulfonamides is 1. The molecule has 0 aromatic heterocycles. The second-order valence-corrected chi connectivity index (χ2v) is 8.94. The second-order valence-electron chi connectivity index (χ2n) is 7.03. The third kappa shape index (κ3) is 3.77. The zero-order valence-electron chi connectivity index (χ0n) is 15.5. The van der Waals surface area contributed by atoms with Gasteiger partial charge in [0.1, 0.15) is 16.5 Å². The standard InChI is InChI=1S/C20H20F2N2O4S/c21-16-3-1-2-15-14(16)5-7-18(15)23-20(25)13-4-6-17(22)19(12-13)29(26,27)24-8-10-28-11-9-24/h1-4,6,12,18H,5,7-11H2,(H,23,25). The summed E-state index contributed by atoms with van der Waals surface area (Å²) in [6.45, 7) is 0.725. The van der Waals surface area contributed by atoms with Crippen LogP contribution in [0.2, 0.25) is 0 Å². The van der Waals surface area contributed by atoms with Crippen molar-refractivity contribution >= 4 is 15.9 Å². The lowest BCUT2D eigenvalue weighted by Gasteiger charge is -2.26. The minimum Gasteiger partial charge on any atom is -0.379 e. The van der Waals surface area contributed by atoms with E-state index in [1.165, 1.54) is 12.1 Å². The largest absolute Gasteiger partial charge is 0.379 e. The Labute approximate surface area is 167 Å². The summed E-state index contributed by atoms with van der Waals surface area (Å²) in [7, 11) is -4.08. The number of amides is 1. The molecule has 1 fully saturated rings. The van der Waals surface area contributed by atoms with Gasteiger partial charge in [0, 0.05) is 18.7 Å². The van der Waals surface area contributed by atoms with Crippen LogP contribution in [-0.4, -0.2) is 44.9 Å². The third-order valence-corrected chi connectivity index (χ3v) is 7.21. The number of halogens is 2. The molecule has 0 saturated carbocycles. The lowest BCUT2D eigenvalue weighted by Crippen LogP contribution is -2.41. The number of hydrogen-bond donors (Lipinski definition) is 1. The first kappa shape index (κ1) is 19.9. The molecule has 0 bridgehead atoms. The van der Waals surface area contributed by atoms with E-state index in [1.54, 1.807) is 12.1 Å². The maximum atomic E-state index is 14.3. The molecular formula is C20H20F2N2O4S.